The van der Waals surface area contributed by atoms with Crippen molar-refractivity contribution in [2.45, 2.75) is 18.8 Å². The highest BCUT2D eigenvalue weighted by molar-refractivity contribution is 5.87. The van der Waals surface area contributed by atoms with Crippen molar-refractivity contribution in [3.05, 3.63) is 78.8 Å². The van der Waals surface area contributed by atoms with Gasteiger partial charge in [0.15, 0.2) is 0 Å². The lowest BCUT2D eigenvalue weighted by Crippen LogP contribution is -1.99. The Morgan fingerprint density at radius 1 is 0.920 bits per heavy atom. The standard InChI is InChI=1S/C22H19N3/c1-3-15-6-5-7-19(18(15)4-2)22-20(16-10-12-23-13-11-16)14-21(24-25-22)17-8-9-17/h3-7,10-14,17H,1-2,8-9H2. The molecule has 1 aliphatic rings. The molecule has 4 rings (SSSR count). The third kappa shape index (κ3) is 2.89. The van der Waals surface area contributed by atoms with E-state index in [1.54, 1.807) is 0 Å². The molecule has 3 aromatic rings. The second-order valence-corrected chi connectivity index (χ2v) is 6.26. The Bertz CT molecular complexity index is 941. The van der Waals surface area contributed by atoms with Crippen molar-refractivity contribution in [2.75, 3.05) is 0 Å². The summed E-state index contributed by atoms with van der Waals surface area (Å²) < 4.78 is 0. The molecular weight excluding hydrogens is 306 g/mol. The second kappa shape index (κ2) is 6.44. The van der Waals surface area contributed by atoms with E-state index in [1.807, 2.05) is 48.8 Å². The Kier molecular flexibility index (Phi) is 3.98. The summed E-state index contributed by atoms with van der Waals surface area (Å²) in [5.41, 5.74) is 7.23. The van der Waals surface area contributed by atoms with Crippen LogP contribution < -0.4 is 0 Å². The van der Waals surface area contributed by atoms with E-state index >= 15 is 0 Å². The molecule has 0 N–H and O–H groups in total. The van der Waals surface area contributed by atoms with Gasteiger partial charge in [0.25, 0.3) is 0 Å². The van der Waals surface area contributed by atoms with Crippen LogP contribution in [0.2, 0.25) is 0 Å². The highest BCUT2D eigenvalue weighted by atomic mass is 15.1. The van der Waals surface area contributed by atoms with Gasteiger partial charge in [-0.15, -0.1) is 5.10 Å². The monoisotopic (exact) mass is 325 g/mol. The molecular formula is C22H19N3. The SMILES string of the molecule is C=Cc1cccc(-c2nnc(C3CC3)cc2-c2ccncc2)c1C=C. The highest BCUT2D eigenvalue weighted by Gasteiger charge is 2.27. The number of pyridine rings is 1. The smallest absolute Gasteiger partial charge is 0.101 e. The Hall–Kier alpha value is -3.07. The van der Waals surface area contributed by atoms with Crippen molar-refractivity contribution in [1.29, 1.82) is 0 Å². The molecule has 3 nitrogen and oxygen atoms in total. The first kappa shape index (κ1) is 15.5. The molecule has 0 spiro atoms. The normalized spacial score (nSPS) is 13.4. The Balaban J connectivity index is 1.96. The van der Waals surface area contributed by atoms with Gasteiger partial charge < -0.3 is 0 Å². The molecule has 1 saturated carbocycles. The summed E-state index contributed by atoms with van der Waals surface area (Å²) in [6, 6.07) is 12.3. The van der Waals surface area contributed by atoms with Crippen LogP contribution in [0.25, 0.3) is 34.5 Å². The topological polar surface area (TPSA) is 38.7 Å². The first-order valence-electron chi connectivity index (χ1n) is 8.48. The highest BCUT2D eigenvalue weighted by Crippen LogP contribution is 2.42. The molecule has 0 radical (unpaired) electrons. The molecule has 25 heavy (non-hydrogen) atoms. The van der Waals surface area contributed by atoms with Gasteiger partial charge in [0.1, 0.15) is 5.69 Å². The molecule has 0 unspecified atom stereocenters. The quantitative estimate of drug-likeness (QED) is 0.633. The zero-order chi connectivity index (χ0) is 17.2. The maximum Gasteiger partial charge on any atom is 0.101 e. The summed E-state index contributed by atoms with van der Waals surface area (Å²) in [7, 11) is 0. The van der Waals surface area contributed by atoms with Gasteiger partial charge in [0, 0.05) is 29.4 Å². The number of benzene rings is 1. The van der Waals surface area contributed by atoms with Crippen LogP contribution in [0.3, 0.4) is 0 Å². The van der Waals surface area contributed by atoms with E-state index in [0.717, 1.165) is 39.2 Å². The largest absolute Gasteiger partial charge is 0.265 e. The van der Waals surface area contributed by atoms with E-state index in [0.29, 0.717) is 5.92 Å². The minimum Gasteiger partial charge on any atom is -0.265 e. The lowest BCUT2D eigenvalue weighted by atomic mass is 9.93. The van der Waals surface area contributed by atoms with Gasteiger partial charge in [-0.1, -0.05) is 43.5 Å². The van der Waals surface area contributed by atoms with Gasteiger partial charge >= 0.3 is 0 Å². The Morgan fingerprint density at radius 3 is 2.40 bits per heavy atom. The summed E-state index contributed by atoms with van der Waals surface area (Å²) in [6.45, 7) is 7.89. The maximum atomic E-state index is 4.62. The fourth-order valence-electron chi connectivity index (χ4n) is 3.13. The molecule has 3 heteroatoms. The van der Waals surface area contributed by atoms with Crippen LogP contribution in [-0.4, -0.2) is 15.2 Å². The molecule has 0 saturated heterocycles. The molecule has 0 amide bonds. The van der Waals surface area contributed by atoms with Crippen LogP contribution in [0.1, 0.15) is 35.6 Å². The van der Waals surface area contributed by atoms with Crippen LogP contribution in [0.5, 0.6) is 0 Å². The summed E-state index contributed by atoms with van der Waals surface area (Å²) in [5, 5.41) is 9.13. The molecule has 0 bridgehead atoms. The van der Waals surface area contributed by atoms with Crippen LogP contribution >= 0.6 is 0 Å². The zero-order valence-electron chi connectivity index (χ0n) is 14.0. The lowest BCUT2D eigenvalue weighted by Gasteiger charge is -2.14. The van der Waals surface area contributed by atoms with Crippen molar-refractivity contribution >= 4 is 12.2 Å². The second-order valence-electron chi connectivity index (χ2n) is 6.26. The van der Waals surface area contributed by atoms with Crippen LogP contribution in [0, 0.1) is 0 Å². The van der Waals surface area contributed by atoms with E-state index in [-0.39, 0.29) is 0 Å². The third-order valence-electron chi connectivity index (χ3n) is 4.62. The van der Waals surface area contributed by atoms with Crippen LogP contribution in [-0.2, 0) is 0 Å². The van der Waals surface area contributed by atoms with Crippen molar-refractivity contribution in [1.82, 2.24) is 15.2 Å². The zero-order valence-corrected chi connectivity index (χ0v) is 14.0. The number of nitrogens with zero attached hydrogens (tertiary/aromatic N) is 3. The minimum atomic E-state index is 0.556. The number of rotatable bonds is 5. The van der Waals surface area contributed by atoms with E-state index in [9.17, 15) is 0 Å². The molecule has 0 aliphatic heterocycles. The summed E-state index contributed by atoms with van der Waals surface area (Å²) in [4.78, 5) is 4.14. The average Bonchev–Trinajstić information content (AvgIpc) is 3.53. The predicted octanol–water partition coefficient (Wildman–Crippen LogP) is 5.37. The third-order valence-corrected chi connectivity index (χ3v) is 4.62. The Labute approximate surface area is 147 Å². The Morgan fingerprint density at radius 2 is 1.72 bits per heavy atom. The summed E-state index contributed by atoms with van der Waals surface area (Å²) >= 11 is 0. The van der Waals surface area contributed by atoms with Gasteiger partial charge in [0.05, 0.1) is 5.69 Å². The van der Waals surface area contributed by atoms with Gasteiger partial charge in [-0.25, -0.2) is 0 Å². The van der Waals surface area contributed by atoms with E-state index in [1.165, 1.54) is 12.8 Å². The molecule has 1 fully saturated rings. The fraction of sp³-hybridized carbons (Fsp3) is 0.136. The van der Waals surface area contributed by atoms with Gasteiger partial charge in [-0.3, -0.25) is 4.98 Å². The van der Waals surface area contributed by atoms with Crippen LogP contribution in [0.15, 0.2) is 61.9 Å². The van der Waals surface area contributed by atoms with Gasteiger partial charge in [0.2, 0.25) is 0 Å². The number of hydrogen-bond donors (Lipinski definition) is 0. The minimum absolute atomic E-state index is 0.556. The maximum absolute atomic E-state index is 4.62. The van der Waals surface area contributed by atoms with Crippen molar-refractivity contribution in [3.8, 4) is 22.4 Å². The first-order valence-corrected chi connectivity index (χ1v) is 8.48. The van der Waals surface area contributed by atoms with Crippen molar-refractivity contribution < 1.29 is 0 Å². The number of hydrogen-bond acceptors (Lipinski definition) is 3. The van der Waals surface area contributed by atoms with Gasteiger partial charge in [-0.2, -0.15) is 5.10 Å². The van der Waals surface area contributed by atoms with Crippen molar-refractivity contribution in [3.63, 3.8) is 0 Å². The van der Waals surface area contributed by atoms with Crippen molar-refractivity contribution in [2.24, 2.45) is 0 Å². The van der Waals surface area contributed by atoms with E-state index in [4.69, 9.17) is 0 Å². The molecule has 122 valence electrons. The first-order chi connectivity index (χ1) is 12.3. The molecule has 0 atom stereocenters. The molecule has 1 aromatic carbocycles. The molecule has 2 aromatic heterocycles. The van der Waals surface area contributed by atoms with Gasteiger partial charge in [-0.05, 0) is 47.7 Å². The van der Waals surface area contributed by atoms with Crippen LogP contribution in [0.4, 0.5) is 0 Å². The summed E-state index contributed by atoms with van der Waals surface area (Å²) in [6.07, 6.45) is 9.73. The molecule has 1 aliphatic carbocycles. The summed E-state index contributed by atoms with van der Waals surface area (Å²) in [5.74, 6) is 0.556. The number of aromatic nitrogens is 3. The lowest BCUT2D eigenvalue weighted by molar-refractivity contribution is 0.916. The van der Waals surface area contributed by atoms with E-state index < -0.39 is 0 Å². The predicted molar refractivity (Wildman–Crippen MR) is 103 cm³/mol. The fourth-order valence-corrected chi connectivity index (χ4v) is 3.13. The average molecular weight is 325 g/mol. The molecule has 2 heterocycles. The van der Waals surface area contributed by atoms with E-state index in [2.05, 4.69) is 40.5 Å².